The van der Waals surface area contributed by atoms with Crippen LogP contribution in [0.1, 0.15) is 39.5 Å². The van der Waals surface area contributed by atoms with E-state index in [0.29, 0.717) is 0 Å². The first-order valence-electron chi connectivity index (χ1n) is 13.6. The third-order valence-electron chi connectivity index (χ3n) is 6.51. The molecule has 0 atom stereocenters. The Balaban J connectivity index is 0.000000198. The molecule has 0 saturated heterocycles. The Morgan fingerprint density at radius 2 is 1.22 bits per heavy atom. The van der Waals surface area contributed by atoms with Crippen molar-refractivity contribution < 1.29 is 14.6 Å². The second-order valence-corrected chi connectivity index (χ2v) is 9.59. The van der Waals surface area contributed by atoms with Gasteiger partial charge in [-0.15, -0.1) is 17.0 Å². The van der Waals surface area contributed by atoms with Gasteiger partial charge in [0.15, 0.2) is 5.43 Å². The van der Waals surface area contributed by atoms with Gasteiger partial charge in [-0.2, -0.15) is 0 Å². The molecule has 6 aromatic rings. The normalized spacial score (nSPS) is 10.8. The first-order chi connectivity index (χ1) is 19.6. The Labute approximate surface area is 248 Å². The minimum absolute atomic E-state index is 0. The fourth-order valence-corrected chi connectivity index (χ4v) is 4.40. The first kappa shape index (κ1) is 29.7. The SMILES string of the molecule is Br.CCCCOc1cnc2c(ccc3cc(OCCCC)cnc32)c1.O=c1cnc2c(ccc3cc(O)c[nH]c32)c1. The topological polar surface area (TPSA) is 110 Å². The van der Waals surface area contributed by atoms with E-state index >= 15 is 0 Å². The molecule has 8 nitrogen and oxygen atoms in total. The second kappa shape index (κ2) is 13.9. The number of halogens is 1. The summed E-state index contributed by atoms with van der Waals surface area (Å²) in [4.78, 5) is 27.4. The van der Waals surface area contributed by atoms with E-state index in [1.165, 1.54) is 12.4 Å². The predicted molar refractivity (Wildman–Crippen MR) is 170 cm³/mol. The molecular weight excluding hydrogens is 584 g/mol. The maximum atomic E-state index is 11.2. The van der Waals surface area contributed by atoms with Gasteiger partial charge >= 0.3 is 0 Å². The van der Waals surface area contributed by atoms with Crippen LogP contribution >= 0.6 is 17.0 Å². The van der Waals surface area contributed by atoms with E-state index in [-0.39, 0.29) is 28.2 Å². The van der Waals surface area contributed by atoms with Crippen molar-refractivity contribution in [2.75, 3.05) is 13.2 Å². The van der Waals surface area contributed by atoms with Crippen LogP contribution in [0.25, 0.3) is 43.6 Å². The number of aromatic nitrogens is 4. The lowest BCUT2D eigenvalue weighted by Crippen LogP contribution is -1.98. The number of fused-ring (bicyclic) bond motifs is 6. The fraction of sp³-hybridized carbons (Fsp3) is 0.250. The highest BCUT2D eigenvalue weighted by atomic mass is 79.9. The highest BCUT2D eigenvalue weighted by molar-refractivity contribution is 8.93. The van der Waals surface area contributed by atoms with Gasteiger partial charge in [-0.3, -0.25) is 14.8 Å². The maximum Gasteiger partial charge on any atom is 0.197 e. The number of benzene rings is 2. The quantitative estimate of drug-likeness (QED) is 0.134. The molecule has 0 unspecified atom stereocenters. The third-order valence-corrected chi connectivity index (χ3v) is 6.51. The lowest BCUT2D eigenvalue weighted by Gasteiger charge is -2.09. The van der Waals surface area contributed by atoms with Crippen LogP contribution in [0.2, 0.25) is 0 Å². The molecule has 2 aromatic carbocycles. The van der Waals surface area contributed by atoms with E-state index < -0.39 is 0 Å². The minimum Gasteiger partial charge on any atom is -0.506 e. The molecule has 0 aliphatic carbocycles. The molecule has 0 aliphatic rings. The van der Waals surface area contributed by atoms with E-state index in [0.717, 1.165) is 94.0 Å². The number of hydrogen-bond acceptors (Lipinski definition) is 7. The van der Waals surface area contributed by atoms with Gasteiger partial charge in [0.05, 0.1) is 53.9 Å². The molecule has 0 bridgehead atoms. The summed E-state index contributed by atoms with van der Waals surface area (Å²) >= 11 is 0. The number of pyridine rings is 4. The largest absolute Gasteiger partial charge is 0.506 e. The van der Waals surface area contributed by atoms with Crippen LogP contribution < -0.4 is 14.9 Å². The fourth-order valence-electron chi connectivity index (χ4n) is 4.40. The number of hydrogen-bond donors (Lipinski definition) is 2. The van der Waals surface area contributed by atoms with Gasteiger partial charge in [-0.1, -0.05) is 51.0 Å². The molecule has 4 aromatic heterocycles. The van der Waals surface area contributed by atoms with Gasteiger partial charge < -0.3 is 19.6 Å². The Morgan fingerprint density at radius 3 is 1.78 bits per heavy atom. The molecule has 212 valence electrons. The number of nitrogens with zero attached hydrogens (tertiary/aromatic N) is 3. The highest BCUT2D eigenvalue weighted by Gasteiger charge is 2.07. The molecule has 4 heterocycles. The van der Waals surface area contributed by atoms with Gasteiger partial charge in [0.1, 0.15) is 17.2 Å². The summed E-state index contributed by atoms with van der Waals surface area (Å²) in [6, 6.07) is 15.0. The average Bonchev–Trinajstić information content (AvgIpc) is 2.97. The predicted octanol–water partition coefficient (Wildman–Crippen LogP) is 7.50. The summed E-state index contributed by atoms with van der Waals surface area (Å²) in [6.45, 7) is 5.77. The van der Waals surface area contributed by atoms with Crippen LogP contribution in [-0.4, -0.2) is 38.3 Å². The Bertz CT molecular complexity index is 1770. The van der Waals surface area contributed by atoms with Crippen LogP contribution in [0.4, 0.5) is 0 Å². The van der Waals surface area contributed by atoms with E-state index in [4.69, 9.17) is 9.47 Å². The van der Waals surface area contributed by atoms with E-state index in [9.17, 15) is 9.90 Å². The van der Waals surface area contributed by atoms with Gasteiger partial charge in [-0.05, 0) is 37.1 Å². The van der Waals surface area contributed by atoms with Gasteiger partial charge in [-0.25, -0.2) is 4.98 Å². The van der Waals surface area contributed by atoms with Crippen molar-refractivity contribution in [3.63, 3.8) is 0 Å². The number of aromatic amines is 1. The number of unbranched alkanes of at least 4 members (excludes halogenated alkanes) is 2. The number of rotatable bonds is 8. The van der Waals surface area contributed by atoms with Gasteiger partial charge in [0.25, 0.3) is 0 Å². The monoisotopic (exact) mass is 616 g/mol. The number of H-pyrrole nitrogens is 1. The summed E-state index contributed by atoms with van der Waals surface area (Å²) in [5, 5.41) is 13.1. The lowest BCUT2D eigenvalue weighted by molar-refractivity contribution is 0.308. The van der Waals surface area contributed by atoms with Crippen LogP contribution in [0.5, 0.6) is 17.2 Å². The molecule has 0 aliphatic heterocycles. The van der Waals surface area contributed by atoms with Crippen molar-refractivity contribution in [1.29, 1.82) is 0 Å². The molecule has 0 amide bonds. The van der Waals surface area contributed by atoms with Crippen molar-refractivity contribution in [2.45, 2.75) is 39.5 Å². The standard InChI is InChI=1S/C20H24N2O2.C12H8N2O2.BrH/c1-3-5-9-23-17-11-15-7-8-16-12-18(24-10-6-4-2)14-22-20(16)19(15)21-13-17;15-9-3-7-1-2-8-4-10(16)6-14-12(8)11(7)13-5-9;/h7-8,11-14H,3-6,9-10H2,1-2H3;1-6,13,15H;1H. The van der Waals surface area contributed by atoms with Crippen molar-refractivity contribution >= 4 is 60.6 Å². The van der Waals surface area contributed by atoms with E-state index in [2.05, 4.69) is 45.9 Å². The summed E-state index contributed by atoms with van der Waals surface area (Å²) in [6.07, 6.45) is 10.7. The summed E-state index contributed by atoms with van der Waals surface area (Å²) in [7, 11) is 0. The molecule has 9 heteroatoms. The highest BCUT2D eigenvalue weighted by Crippen LogP contribution is 2.27. The zero-order valence-electron chi connectivity index (χ0n) is 23.1. The Kier molecular flexibility index (Phi) is 10.1. The molecule has 0 fully saturated rings. The van der Waals surface area contributed by atoms with Crippen LogP contribution in [0, 0.1) is 0 Å². The Morgan fingerprint density at radius 1 is 0.707 bits per heavy atom. The number of nitrogens with one attached hydrogen (secondary N) is 1. The smallest absolute Gasteiger partial charge is 0.197 e. The van der Waals surface area contributed by atoms with Crippen molar-refractivity contribution in [2.24, 2.45) is 0 Å². The molecular formula is C32H33BrN4O4. The molecule has 2 N–H and O–H groups in total. The van der Waals surface area contributed by atoms with Crippen LogP contribution in [0.15, 0.2) is 78.1 Å². The zero-order valence-corrected chi connectivity index (χ0v) is 24.8. The van der Waals surface area contributed by atoms with Crippen molar-refractivity contribution in [3.05, 3.63) is 83.5 Å². The Hall–Kier alpha value is -4.24. The van der Waals surface area contributed by atoms with Gasteiger partial charge in [0, 0.05) is 27.7 Å². The summed E-state index contributed by atoms with van der Waals surface area (Å²) in [5.74, 6) is 1.80. The van der Waals surface area contributed by atoms with Crippen LogP contribution in [-0.2, 0) is 0 Å². The van der Waals surface area contributed by atoms with E-state index in [1.54, 1.807) is 24.5 Å². The van der Waals surface area contributed by atoms with Crippen molar-refractivity contribution in [1.82, 2.24) is 19.9 Å². The molecule has 0 saturated carbocycles. The summed E-state index contributed by atoms with van der Waals surface area (Å²) in [5.41, 5.74) is 3.24. The number of ether oxygens (including phenoxy) is 2. The average molecular weight is 618 g/mol. The van der Waals surface area contributed by atoms with Gasteiger partial charge in [0.2, 0.25) is 0 Å². The number of aromatic hydroxyl groups is 1. The molecule has 6 rings (SSSR count). The van der Waals surface area contributed by atoms with E-state index in [1.807, 2.05) is 24.3 Å². The molecule has 0 radical (unpaired) electrons. The molecule has 0 spiro atoms. The first-order valence-corrected chi connectivity index (χ1v) is 13.6. The van der Waals surface area contributed by atoms with Crippen molar-refractivity contribution in [3.8, 4) is 17.2 Å². The maximum absolute atomic E-state index is 11.2. The molecule has 41 heavy (non-hydrogen) atoms. The second-order valence-electron chi connectivity index (χ2n) is 9.59. The third kappa shape index (κ3) is 7.10. The zero-order chi connectivity index (χ0) is 27.9. The lowest BCUT2D eigenvalue weighted by atomic mass is 10.1. The minimum atomic E-state index is -0.106. The summed E-state index contributed by atoms with van der Waals surface area (Å²) < 4.78 is 11.5. The van der Waals surface area contributed by atoms with Crippen LogP contribution in [0.3, 0.4) is 0 Å².